The first-order valence-electron chi connectivity index (χ1n) is 5.25. The van der Waals surface area contributed by atoms with Crippen LogP contribution in [0.5, 0.6) is 0 Å². The van der Waals surface area contributed by atoms with Gasteiger partial charge in [0, 0.05) is 28.6 Å². The highest BCUT2D eigenvalue weighted by Crippen LogP contribution is 2.42. The lowest BCUT2D eigenvalue weighted by Gasteiger charge is -2.22. The van der Waals surface area contributed by atoms with Crippen molar-refractivity contribution in [1.82, 2.24) is 0 Å². The van der Waals surface area contributed by atoms with Crippen molar-refractivity contribution in [2.45, 2.75) is 32.6 Å². The molecule has 78 valence electrons. The standard InChI is InChI=1S/C11H16OS2/c1-8(11-13-5-6-14-11)9-3-2-4-10(12)7-9/h9H,2-7H2,1H3. The number of thioether (sulfide) groups is 2. The lowest BCUT2D eigenvalue weighted by atomic mass is 9.84. The van der Waals surface area contributed by atoms with Crippen LogP contribution >= 0.6 is 23.5 Å². The summed E-state index contributed by atoms with van der Waals surface area (Å²) in [5.41, 5.74) is 1.49. The van der Waals surface area contributed by atoms with Crippen LogP contribution in [-0.2, 0) is 4.79 Å². The molecule has 1 saturated heterocycles. The maximum atomic E-state index is 11.4. The maximum absolute atomic E-state index is 11.4. The molecule has 0 aromatic heterocycles. The molecule has 0 bridgehead atoms. The van der Waals surface area contributed by atoms with Crippen molar-refractivity contribution < 1.29 is 4.79 Å². The largest absolute Gasteiger partial charge is 0.300 e. The van der Waals surface area contributed by atoms with Gasteiger partial charge in [-0.05, 0) is 31.3 Å². The number of allylic oxidation sites excluding steroid dienone is 1. The van der Waals surface area contributed by atoms with E-state index in [9.17, 15) is 4.79 Å². The van der Waals surface area contributed by atoms with E-state index in [0.717, 1.165) is 19.3 Å². The molecule has 2 rings (SSSR count). The highest BCUT2D eigenvalue weighted by molar-refractivity contribution is 8.25. The smallest absolute Gasteiger partial charge is 0.133 e. The van der Waals surface area contributed by atoms with Crippen molar-refractivity contribution >= 4 is 29.3 Å². The topological polar surface area (TPSA) is 17.1 Å². The minimum atomic E-state index is 0.467. The van der Waals surface area contributed by atoms with Crippen LogP contribution in [0.2, 0.25) is 0 Å². The van der Waals surface area contributed by atoms with Crippen molar-refractivity contribution in [1.29, 1.82) is 0 Å². The van der Waals surface area contributed by atoms with Crippen LogP contribution < -0.4 is 0 Å². The molecule has 1 aliphatic heterocycles. The number of ketones is 1. The van der Waals surface area contributed by atoms with Gasteiger partial charge in [0.15, 0.2) is 0 Å². The molecule has 2 aliphatic rings. The number of hydrogen-bond acceptors (Lipinski definition) is 3. The van der Waals surface area contributed by atoms with E-state index in [-0.39, 0.29) is 0 Å². The summed E-state index contributed by atoms with van der Waals surface area (Å²) in [5, 5.41) is 0. The van der Waals surface area contributed by atoms with Gasteiger partial charge >= 0.3 is 0 Å². The first-order chi connectivity index (χ1) is 6.77. The Hall–Kier alpha value is 0.110. The van der Waals surface area contributed by atoms with Crippen LogP contribution in [0.4, 0.5) is 0 Å². The van der Waals surface area contributed by atoms with Crippen LogP contribution in [0.1, 0.15) is 32.6 Å². The van der Waals surface area contributed by atoms with Gasteiger partial charge in [-0.3, -0.25) is 4.79 Å². The SMILES string of the molecule is CC(=C1SCCS1)C1CCCC(=O)C1. The molecule has 1 nitrogen and oxygen atoms in total. The molecule has 0 amide bonds. The second-order valence-corrected chi connectivity index (χ2v) is 6.47. The zero-order chi connectivity index (χ0) is 9.97. The fraction of sp³-hybridized carbons (Fsp3) is 0.727. The lowest BCUT2D eigenvalue weighted by molar-refractivity contribution is -0.121. The molecule has 0 spiro atoms. The Morgan fingerprint density at radius 2 is 2.07 bits per heavy atom. The van der Waals surface area contributed by atoms with Crippen LogP contribution in [0.15, 0.2) is 9.81 Å². The molecule has 0 aromatic rings. The molecule has 2 fully saturated rings. The van der Waals surface area contributed by atoms with E-state index in [1.807, 2.05) is 23.5 Å². The summed E-state index contributed by atoms with van der Waals surface area (Å²) in [5.74, 6) is 3.52. The molecular weight excluding hydrogens is 212 g/mol. The summed E-state index contributed by atoms with van der Waals surface area (Å²) in [7, 11) is 0. The lowest BCUT2D eigenvalue weighted by Crippen LogP contribution is -2.16. The summed E-state index contributed by atoms with van der Waals surface area (Å²) < 4.78 is 1.50. The quantitative estimate of drug-likeness (QED) is 0.684. The predicted octanol–water partition coefficient (Wildman–Crippen LogP) is 3.46. The Bertz CT molecular complexity index is 262. The fourth-order valence-corrected chi connectivity index (χ4v) is 4.76. The average molecular weight is 228 g/mol. The molecule has 1 unspecified atom stereocenters. The zero-order valence-corrected chi connectivity index (χ0v) is 10.2. The summed E-state index contributed by atoms with van der Waals surface area (Å²) in [6.45, 7) is 2.23. The third-order valence-electron chi connectivity index (χ3n) is 2.97. The fourth-order valence-electron chi connectivity index (χ4n) is 2.10. The number of rotatable bonds is 1. The third kappa shape index (κ3) is 2.37. The summed E-state index contributed by atoms with van der Waals surface area (Å²) >= 11 is 3.95. The highest BCUT2D eigenvalue weighted by atomic mass is 32.2. The third-order valence-corrected chi connectivity index (χ3v) is 5.92. The van der Waals surface area contributed by atoms with Gasteiger partial charge in [-0.15, -0.1) is 23.5 Å². The molecular formula is C11H16OS2. The molecule has 0 radical (unpaired) electrons. The van der Waals surface area contributed by atoms with Crippen LogP contribution in [-0.4, -0.2) is 17.3 Å². The second-order valence-electron chi connectivity index (χ2n) is 4.00. The summed E-state index contributed by atoms with van der Waals surface area (Å²) in [6.07, 6.45) is 3.95. The molecule has 1 aliphatic carbocycles. The second kappa shape index (κ2) is 4.75. The monoisotopic (exact) mass is 228 g/mol. The van der Waals surface area contributed by atoms with Gasteiger partial charge in [-0.1, -0.05) is 0 Å². The predicted molar refractivity (Wildman–Crippen MR) is 64.6 cm³/mol. The van der Waals surface area contributed by atoms with E-state index in [0.29, 0.717) is 11.7 Å². The van der Waals surface area contributed by atoms with Crippen LogP contribution in [0, 0.1) is 5.92 Å². The van der Waals surface area contributed by atoms with E-state index in [4.69, 9.17) is 0 Å². The van der Waals surface area contributed by atoms with Crippen molar-refractivity contribution in [2.75, 3.05) is 11.5 Å². The van der Waals surface area contributed by atoms with Crippen molar-refractivity contribution in [2.24, 2.45) is 5.92 Å². The van der Waals surface area contributed by atoms with Gasteiger partial charge in [0.25, 0.3) is 0 Å². The normalized spacial score (nSPS) is 28.2. The highest BCUT2D eigenvalue weighted by Gasteiger charge is 2.24. The Balaban J connectivity index is 2.05. The van der Waals surface area contributed by atoms with Gasteiger partial charge in [0.2, 0.25) is 0 Å². The molecule has 3 heteroatoms. The maximum Gasteiger partial charge on any atom is 0.133 e. The Morgan fingerprint density at radius 1 is 1.36 bits per heavy atom. The Kier molecular flexibility index (Phi) is 3.61. The number of carbonyl (C=O) groups excluding carboxylic acids is 1. The van der Waals surface area contributed by atoms with E-state index in [2.05, 4.69) is 6.92 Å². The van der Waals surface area contributed by atoms with Crippen LogP contribution in [0.3, 0.4) is 0 Å². The summed E-state index contributed by atoms with van der Waals surface area (Å²) in [4.78, 5) is 11.4. The number of hydrogen-bond donors (Lipinski definition) is 0. The summed E-state index contributed by atoms with van der Waals surface area (Å²) in [6, 6.07) is 0. The minimum absolute atomic E-state index is 0.467. The first-order valence-corrected chi connectivity index (χ1v) is 7.22. The molecule has 0 N–H and O–H groups in total. The average Bonchev–Trinajstić information content (AvgIpc) is 2.69. The van der Waals surface area contributed by atoms with Gasteiger partial charge in [0.05, 0.1) is 0 Å². The Morgan fingerprint density at radius 3 is 2.71 bits per heavy atom. The minimum Gasteiger partial charge on any atom is -0.300 e. The van der Waals surface area contributed by atoms with Gasteiger partial charge < -0.3 is 0 Å². The van der Waals surface area contributed by atoms with E-state index < -0.39 is 0 Å². The molecule has 1 atom stereocenters. The van der Waals surface area contributed by atoms with E-state index >= 15 is 0 Å². The van der Waals surface area contributed by atoms with Gasteiger partial charge in [-0.25, -0.2) is 0 Å². The number of carbonyl (C=O) groups is 1. The van der Waals surface area contributed by atoms with Crippen molar-refractivity contribution in [3.05, 3.63) is 9.81 Å². The van der Waals surface area contributed by atoms with Crippen molar-refractivity contribution in [3.8, 4) is 0 Å². The molecule has 1 saturated carbocycles. The number of Topliss-reactive ketones (excluding diaryl/α,β-unsaturated/α-hetero) is 1. The van der Waals surface area contributed by atoms with E-state index in [1.165, 1.54) is 27.7 Å². The zero-order valence-electron chi connectivity index (χ0n) is 8.54. The van der Waals surface area contributed by atoms with Gasteiger partial charge in [0.1, 0.15) is 5.78 Å². The molecule has 1 heterocycles. The molecule has 0 aromatic carbocycles. The van der Waals surface area contributed by atoms with Crippen molar-refractivity contribution in [3.63, 3.8) is 0 Å². The van der Waals surface area contributed by atoms with Gasteiger partial charge in [-0.2, -0.15) is 0 Å². The Labute approximate surface area is 94.1 Å². The van der Waals surface area contributed by atoms with E-state index in [1.54, 1.807) is 0 Å². The van der Waals surface area contributed by atoms with Crippen LogP contribution in [0.25, 0.3) is 0 Å². The molecule has 14 heavy (non-hydrogen) atoms. The first kappa shape index (κ1) is 10.6.